The molecule has 0 bridgehead atoms. The van der Waals surface area contributed by atoms with Gasteiger partial charge in [-0.15, -0.1) is 0 Å². The molecule has 2 saturated heterocycles. The first-order valence-electron chi connectivity index (χ1n) is 6.56. The normalized spacial score (nSPS) is 31.7. The number of nitrogens with zero attached hydrogens (tertiary/aromatic N) is 2. The molecule has 120 valence electrons. The number of carboxylic acid groups (broad SMARTS) is 1. The summed E-state index contributed by atoms with van der Waals surface area (Å²) in [5.41, 5.74) is 0. The second-order valence-corrected chi connectivity index (χ2v) is 8.58. The molecule has 3 heterocycles. The molecular weight excluding hydrogens is 353 g/mol. The number of aliphatic hydroxyl groups excluding tert-OH is 1. The topological polar surface area (TPSA) is 143 Å². The monoisotopic (exact) mass is 367 g/mol. The fourth-order valence-electron chi connectivity index (χ4n) is 3.23. The van der Waals surface area contributed by atoms with E-state index in [1.165, 1.54) is 26.2 Å². The number of fused-ring (bicyclic) bond motifs is 1. The van der Waals surface area contributed by atoms with E-state index in [0.717, 1.165) is 4.90 Å². The standard InChI is InChI=1S/C12H15N3O6S.K/c1-12(2)7(11(18)19)15-9(17)5(10(15)22(12,20)21)6(16)8-13-3-4-14-8;/h3-7,10,16H,1-2H3,(H,13,14)(H,18,19);/q;+1/p-1/t5-,6?,7+,10-;/m1./s1. The van der Waals surface area contributed by atoms with E-state index < -0.39 is 49.9 Å². The van der Waals surface area contributed by atoms with Crippen molar-refractivity contribution in [2.24, 2.45) is 5.92 Å². The fraction of sp³-hybridized carbons (Fsp3) is 0.583. The number of carboxylic acids is 1. The minimum Gasteiger partial charge on any atom is -0.548 e. The van der Waals surface area contributed by atoms with Gasteiger partial charge in [0.2, 0.25) is 5.91 Å². The number of nitrogens with one attached hydrogen (secondary N) is 1. The Morgan fingerprint density at radius 3 is 2.61 bits per heavy atom. The number of aliphatic carboxylic acids is 1. The van der Waals surface area contributed by atoms with Gasteiger partial charge in [-0.05, 0) is 13.8 Å². The van der Waals surface area contributed by atoms with Crippen molar-refractivity contribution in [3.8, 4) is 0 Å². The Morgan fingerprint density at radius 1 is 1.52 bits per heavy atom. The van der Waals surface area contributed by atoms with Crippen LogP contribution in [0, 0.1) is 5.92 Å². The molecule has 2 aliphatic rings. The number of amides is 1. The van der Waals surface area contributed by atoms with Crippen molar-refractivity contribution >= 4 is 21.7 Å². The van der Waals surface area contributed by atoms with Gasteiger partial charge in [-0.1, -0.05) is 0 Å². The fourth-order valence-corrected chi connectivity index (χ4v) is 5.55. The van der Waals surface area contributed by atoms with Gasteiger partial charge >= 0.3 is 51.4 Å². The van der Waals surface area contributed by atoms with Crippen LogP contribution in [0.25, 0.3) is 0 Å². The number of aromatic amines is 1. The van der Waals surface area contributed by atoms with E-state index in [9.17, 15) is 28.2 Å². The number of aromatic nitrogens is 2. The number of H-pyrrole nitrogens is 1. The van der Waals surface area contributed by atoms with Crippen LogP contribution in [0.15, 0.2) is 12.4 Å². The zero-order valence-electron chi connectivity index (χ0n) is 12.8. The first-order valence-corrected chi connectivity index (χ1v) is 8.11. The molecule has 0 spiro atoms. The van der Waals surface area contributed by atoms with Crippen molar-refractivity contribution in [2.45, 2.75) is 36.1 Å². The quantitative estimate of drug-likeness (QED) is 0.401. The molecule has 0 saturated carbocycles. The summed E-state index contributed by atoms with van der Waals surface area (Å²) in [5.74, 6) is -3.59. The molecule has 1 aromatic rings. The summed E-state index contributed by atoms with van der Waals surface area (Å²) in [4.78, 5) is 30.7. The van der Waals surface area contributed by atoms with Crippen LogP contribution >= 0.6 is 0 Å². The molecule has 0 aliphatic carbocycles. The van der Waals surface area contributed by atoms with Gasteiger partial charge in [-0.3, -0.25) is 4.79 Å². The summed E-state index contributed by atoms with van der Waals surface area (Å²) in [6.45, 7) is 2.48. The Bertz CT molecular complexity index is 747. The molecule has 3 rings (SSSR count). The molecule has 0 aromatic carbocycles. The zero-order chi connectivity index (χ0) is 16.4. The maximum atomic E-state index is 12.6. The number of hydrogen-bond acceptors (Lipinski definition) is 7. The smallest absolute Gasteiger partial charge is 0.548 e. The number of imidazole rings is 1. The second-order valence-electron chi connectivity index (χ2n) is 5.95. The number of aliphatic hydroxyl groups is 1. The molecule has 2 fully saturated rings. The van der Waals surface area contributed by atoms with Crippen LogP contribution in [-0.2, 0) is 19.4 Å². The molecule has 11 heteroatoms. The van der Waals surface area contributed by atoms with E-state index in [-0.39, 0.29) is 57.2 Å². The number of hydrogen-bond donors (Lipinski definition) is 2. The molecule has 9 nitrogen and oxygen atoms in total. The summed E-state index contributed by atoms with van der Waals surface area (Å²) in [6.07, 6.45) is 1.34. The summed E-state index contributed by atoms with van der Waals surface area (Å²) < 4.78 is 23.5. The first kappa shape index (κ1) is 19.0. The van der Waals surface area contributed by atoms with Crippen LogP contribution in [-0.4, -0.2) is 56.4 Å². The van der Waals surface area contributed by atoms with Crippen LogP contribution in [0.4, 0.5) is 0 Å². The number of carbonyl (C=O) groups is 2. The minimum absolute atomic E-state index is 0. The third-order valence-electron chi connectivity index (χ3n) is 4.47. The Labute approximate surface area is 174 Å². The van der Waals surface area contributed by atoms with E-state index in [1.54, 1.807) is 0 Å². The number of rotatable bonds is 3. The summed E-state index contributed by atoms with van der Waals surface area (Å²) in [5, 5.41) is 20.1. The van der Waals surface area contributed by atoms with Crippen molar-refractivity contribution < 1.29 is 79.6 Å². The maximum absolute atomic E-state index is 12.6. The Hall–Kier alpha value is -0.304. The van der Waals surface area contributed by atoms with Gasteiger partial charge in [0.25, 0.3) is 0 Å². The predicted octanol–water partition coefficient (Wildman–Crippen LogP) is -5.44. The molecule has 2 N–H and O–H groups in total. The van der Waals surface area contributed by atoms with Crippen LogP contribution in [0.2, 0.25) is 0 Å². The van der Waals surface area contributed by atoms with Crippen LogP contribution in [0.3, 0.4) is 0 Å². The summed E-state index contributed by atoms with van der Waals surface area (Å²) in [7, 11) is -4.00. The van der Waals surface area contributed by atoms with Crippen molar-refractivity contribution in [1.82, 2.24) is 14.9 Å². The molecule has 23 heavy (non-hydrogen) atoms. The van der Waals surface area contributed by atoms with E-state index in [0.29, 0.717) is 0 Å². The molecular formula is C12H14KN3O6S. The Balaban J connectivity index is 0.00000192. The first-order chi connectivity index (χ1) is 10.1. The van der Waals surface area contributed by atoms with Crippen molar-refractivity contribution in [3.05, 3.63) is 18.2 Å². The van der Waals surface area contributed by atoms with Gasteiger partial charge in [0.15, 0.2) is 9.84 Å². The Kier molecular flexibility index (Phi) is 4.88. The van der Waals surface area contributed by atoms with E-state index in [2.05, 4.69) is 9.97 Å². The Morgan fingerprint density at radius 2 is 2.13 bits per heavy atom. The third kappa shape index (κ3) is 2.36. The van der Waals surface area contributed by atoms with Crippen LogP contribution < -0.4 is 56.5 Å². The third-order valence-corrected chi connectivity index (χ3v) is 7.32. The zero-order valence-corrected chi connectivity index (χ0v) is 16.7. The SMILES string of the molecule is CC1(C)[C@H](C(=O)[O-])N2C(=O)[C@@H](C(O)c3ncc[nH]3)[C@H]2S1(=O)=O.[K+]. The molecule has 1 unspecified atom stereocenters. The minimum atomic E-state index is -4.00. The second kappa shape index (κ2) is 5.90. The summed E-state index contributed by atoms with van der Waals surface area (Å²) in [6, 6.07) is -1.57. The van der Waals surface area contributed by atoms with Crippen LogP contribution in [0.5, 0.6) is 0 Å². The van der Waals surface area contributed by atoms with E-state index >= 15 is 0 Å². The van der Waals surface area contributed by atoms with Crippen LogP contribution in [0.1, 0.15) is 25.8 Å². The molecule has 0 radical (unpaired) electrons. The predicted molar refractivity (Wildman–Crippen MR) is 69.5 cm³/mol. The van der Waals surface area contributed by atoms with Gasteiger partial charge in [-0.2, -0.15) is 0 Å². The molecule has 4 atom stereocenters. The summed E-state index contributed by atoms with van der Waals surface area (Å²) >= 11 is 0. The van der Waals surface area contributed by atoms with E-state index in [4.69, 9.17) is 0 Å². The van der Waals surface area contributed by atoms with Gasteiger partial charge in [0, 0.05) is 12.4 Å². The molecule has 1 amide bonds. The molecule has 1 aromatic heterocycles. The van der Waals surface area contributed by atoms with Gasteiger partial charge in [0.05, 0.1) is 16.8 Å². The van der Waals surface area contributed by atoms with Crippen molar-refractivity contribution in [3.63, 3.8) is 0 Å². The van der Waals surface area contributed by atoms with Gasteiger partial charge in [0.1, 0.15) is 23.2 Å². The number of sulfone groups is 1. The average Bonchev–Trinajstić information content (AvgIpc) is 2.97. The van der Waals surface area contributed by atoms with E-state index in [1.807, 2.05) is 0 Å². The van der Waals surface area contributed by atoms with Crippen molar-refractivity contribution in [2.75, 3.05) is 0 Å². The van der Waals surface area contributed by atoms with Crippen molar-refractivity contribution in [1.29, 1.82) is 0 Å². The number of β-lactam (4-membered cyclic amide) rings is 1. The molecule has 2 aliphatic heterocycles. The van der Waals surface area contributed by atoms with Gasteiger partial charge in [-0.25, -0.2) is 13.4 Å². The maximum Gasteiger partial charge on any atom is 1.00 e. The van der Waals surface area contributed by atoms with Gasteiger partial charge < -0.3 is 24.9 Å². The average molecular weight is 367 g/mol. The largest absolute Gasteiger partial charge is 1.00 e. The number of carbonyl (C=O) groups excluding carboxylic acids is 2.